The number of hydrogen-bond donors (Lipinski definition) is 1. The van der Waals surface area contributed by atoms with Crippen molar-refractivity contribution in [3.8, 4) is 0 Å². The van der Waals surface area contributed by atoms with Crippen LogP contribution in [-0.4, -0.2) is 17.1 Å². The fraction of sp³-hybridized carbons (Fsp3) is 0.500. The van der Waals surface area contributed by atoms with Crippen molar-refractivity contribution in [3.63, 3.8) is 0 Å². The van der Waals surface area contributed by atoms with E-state index in [1.54, 1.807) is 6.07 Å². The van der Waals surface area contributed by atoms with Crippen LogP contribution in [0.4, 0.5) is 0 Å². The molecule has 4 heteroatoms. The molecule has 0 radical (unpaired) electrons. The Bertz CT molecular complexity index is 265. The van der Waals surface area contributed by atoms with Crippen LogP contribution >= 0.6 is 0 Å². The van der Waals surface area contributed by atoms with E-state index in [0.29, 0.717) is 11.8 Å². The molecule has 1 aromatic rings. The molecule has 12 heavy (non-hydrogen) atoms. The number of rotatable bonds is 2. The average Bonchev–Trinajstić information content (AvgIpc) is 2.47. The lowest BCUT2D eigenvalue weighted by Gasteiger charge is -2.25. The molecule has 4 nitrogen and oxygen atoms in total. The van der Waals surface area contributed by atoms with Crippen LogP contribution in [0.25, 0.3) is 0 Å². The SMILES string of the molecule is O=C(NC1CCC1)c1ccno1. The normalized spacial score (nSPS) is 17.0. The van der Waals surface area contributed by atoms with Crippen LogP contribution in [0.3, 0.4) is 0 Å². The van der Waals surface area contributed by atoms with Gasteiger partial charge in [0.2, 0.25) is 5.76 Å². The molecule has 0 bridgehead atoms. The van der Waals surface area contributed by atoms with E-state index >= 15 is 0 Å². The number of carbonyl (C=O) groups excluding carboxylic acids is 1. The Morgan fingerprint density at radius 3 is 3.00 bits per heavy atom. The van der Waals surface area contributed by atoms with Gasteiger partial charge in [0.15, 0.2) is 0 Å². The summed E-state index contributed by atoms with van der Waals surface area (Å²) in [6.45, 7) is 0. The lowest BCUT2D eigenvalue weighted by molar-refractivity contribution is 0.0879. The first-order valence-corrected chi connectivity index (χ1v) is 4.08. The fourth-order valence-corrected chi connectivity index (χ4v) is 1.14. The highest BCUT2D eigenvalue weighted by molar-refractivity contribution is 5.91. The predicted octanol–water partition coefficient (Wildman–Crippen LogP) is 0.957. The molecule has 1 fully saturated rings. The molecular formula is C8H10N2O2. The van der Waals surface area contributed by atoms with Crippen molar-refractivity contribution >= 4 is 5.91 Å². The molecule has 1 saturated carbocycles. The summed E-state index contributed by atoms with van der Waals surface area (Å²) < 4.78 is 4.70. The largest absolute Gasteiger partial charge is 0.351 e. The molecule has 0 aromatic carbocycles. The zero-order valence-electron chi connectivity index (χ0n) is 6.62. The van der Waals surface area contributed by atoms with Crippen LogP contribution in [0, 0.1) is 0 Å². The quantitative estimate of drug-likeness (QED) is 0.711. The maximum Gasteiger partial charge on any atom is 0.290 e. The Morgan fingerprint density at radius 2 is 2.50 bits per heavy atom. The summed E-state index contributed by atoms with van der Waals surface area (Å²) in [7, 11) is 0. The molecule has 1 amide bonds. The highest BCUT2D eigenvalue weighted by Gasteiger charge is 2.21. The standard InChI is InChI=1S/C8H10N2O2/c11-8(7-4-5-9-12-7)10-6-2-1-3-6/h4-6H,1-3H2,(H,10,11). The minimum Gasteiger partial charge on any atom is -0.351 e. The van der Waals surface area contributed by atoms with Gasteiger partial charge in [-0.2, -0.15) is 0 Å². The zero-order chi connectivity index (χ0) is 8.39. The van der Waals surface area contributed by atoms with Crippen LogP contribution < -0.4 is 5.32 Å². The van der Waals surface area contributed by atoms with Gasteiger partial charge in [-0.1, -0.05) is 5.16 Å². The number of aromatic nitrogens is 1. The van der Waals surface area contributed by atoms with Gasteiger partial charge in [-0.05, 0) is 19.3 Å². The second-order valence-electron chi connectivity index (χ2n) is 2.98. The van der Waals surface area contributed by atoms with Gasteiger partial charge in [0.05, 0.1) is 6.20 Å². The highest BCUT2D eigenvalue weighted by atomic mass is 16.5. The highest BCUT2D eigenvalue weighted by Crippen LogP contribution is 2.18. The third kappa shape index (κ3) is 1.32. The van der Waals surface area contributed by atoms with Crippen LogP contribution in [-0.2, 0) is 0 Å². The monoisotopic (exact) mass is 166 g/mol. The van der Waals surface area contributed by atoms with Gasteiger partial charge in [-0.15, -0.1) is 0 Å². The van der Waals surface area contributed by atoms with E-state index in [-0.39, 0.29) is 5.91 Å². The molecule has 2 rings (SSSR count). The van der Waals surface area contributed by atoms with E-state index in [9.17, 15) is 4.79 Å². The van der Waals surface area contributed by atoms with Crippen LogP contribution in [0.1, 0.15) is 29.8 Å². The Hall–Kier alpha value is -1.32. The Labute approximate surface area is 69.9 Å². The molecule has 1 N–H and O–H groups in total. The summed E-state index contributed by atoms with van der Waals surface area (Å²) in [5.74, 6) is 0.138. The maximum atomic E-state index is 11.3. The van der Waals surface area contributed by atoms with Gasteiger partial charge in [-0.3, -0.25) is 4.79 Å². The van der Waals surface area contributed by atoms with Gasteiger partial charge < -0.3 is 9.84 Å². The van der Waals surface area contributed by atoms with Crippen LogP contribution in [0.15, 0.2) is 16.8 Å². The third-order valence-electron chi connectivity index (χ3n) is 2.10. The van der Waals surface area contributed by atoms with Crippen molar-refractivity contribution < 1.29 is 9.32 Å². The van der Waals surface area contributed by atoms with E-state index in [4.69, 9.17) is 4.52 Å². The summed E-state index contributed by atoms with van der Waals surface area (Å²) in [5.41, 5.74) is 0. The first-order valence-electron chi connectivity index (χ1n) is 4.08. The molecule has 0 spiro atoms. The predicted molar refractivity (Wildman–Crippen MR) is 41.6 cm³/mol. The molecule has 0 aliphatic heterocycles. The van der Waals surface area contributed by atoms with Crippen molar-refractivity contribution in [1.29, 1.82) is 0 Å². The summed E-state index contributed by atoms with van der Waals surface area (Å²) in [5, 5.41) is 6.30. The Morgan fingerprint density at radius 1 is 1.67 bits per heavy atom. The molecule has 1 aliphatic carbocycles. The van der Waals surface area contributed by atoms with Crippen molar-refractivity contribution in [2.75, 3.05) is 0 Å². The van der Waals surface area contributed by atoms with E-state index in [0.717, 1.165) is 12.8 Å². The van der Waals surface area contributed by atoms with Crippen LogP contribution in [0.5, 0.6) is 0 Å². The summed E-state index contributed by atoms with van der Waals surface area (Å²) in [4.78, 5) is 11.3. The van der Waals surface area contributed by atoms with Gasteiger partial charge in [0.25, 0.3) is 5.91 Å². The average molecular weight is 166 g/mol. The lowest BCUT2D eigenvalue weighted by Crippen LogP contribution is -2.39. The smallest absolute Gasteiger partial charge is 0.290 e. The topological polar surface area (TPSA) is 55.1 Å². The van der Waals surface area contributed by atoms with E-state index < -0.39 is 0 Å². The molecule has 0 saturated heterocycles. The van der Waals surface area contributed by atoms with Gasteiger partial charge in [0, 0.05) is 12.1 Å². The number of carbonyl (C=O) groups is 1. The van der Waals surface area contributed by atoms with Gasteiger partial charge in [0.1, 0.15) is 0 Å². The molecule has 1 aromatic heterocycles. The maximum absolute atomic E-state index is 11.3. The van der Waals surface area contributed by atoms with E-state index in [1.165, 1.54) is 12.6 Å². The Kier molecular flexibility index (Phi) is 1.81. The van der Waals surface area contributed by atoms with Crippen molar-refractivity contribution in [2.45, 2.75) is 25.3 Å². The molecule has 64 valence electrons. The minimum absolute atomic E-state index is 0.155. The number of amides is 1. The molecular weight excluding hydrogens is 156 g/mol. The van der Waals surface area contributed by atoms with E-state index in [1.807, 2.05) is 0 Å². The van der Waals surface area contributed by atoms with Crippen LogP contribution in [0.2, 0.25) is 0 Å². The number of nitrogens with zero attached hydrogens (tertiary/aromatic N) is 1. The first kappa shape index (κ1) is 7.34. The van der Waals surface area contributed by atoms with Gasteiger partial charge in [-0.25, -0.2) is 0 Å². The molecule has 0 atom stereocenters. The summed E-state index contributed by atoms with van der Waals surface area (Å²) >= 11 is 0. The molecule has 1 aliphatic rings. The second-order valence-corrected chi connectivity index (χ2v) is 2.98. The first-order chi connectivity index (χ1) is 5.86. The Balaban J connectivity index is 1.92. The fourth-order valence-electron chi connectivity index (χ4n) is 1.14. The zero-order valence-corrected chi connectivity index (χ0v) is 6.62. The number of nitrogens with one attached hydrogen (secondary N) is 1. The lowest BCUT2D eigenvalue weighted by atomic mass is 9.93. The summed E-state index contributed by atoms with van der Waals surface area (Å²) in [6, 6.07) is 1.91. The van der Waals surface area contributed by atoms with Crippen molar-refractivity contribution in [3.05, 3.63) is 18.0 Å². The summed E-state index contributed by atoms with van der Waals surface area (Å²) in [6.07, 6.45) is 4.84. The van der Waals surface area contributed by atoms with Crippen molar-refractivity contribution in [2.24, 2.45) is 0 Å². The number of hydrogen-bond acceptors (Lipinski definition) is 3. The molecule has 1 heterocycles. The van der Waals surface area contributed by atoms with Crippen molar-refractivity contribution in [1.82, 2.24) is 10.5 Å². The second kappa shape index (κ2) is 2.97. The third-order valence-corrected chi connectivity index (χ3v) is 2.10. The van der Waals surface area contributed by atoms with E-state index in [2.05, 4.69) is 10.5 Å². The van der Waals surface area contributed by atoms with Gasteiger partial charge >= 0.3 is 0 Å². The minimum atomic E-state index is -0.155. The molecule has 0 unspecified atom stereocenters.